The summed E-state index contributed by atoms with van der Waals surface area (Å²) in [4.78, 5) is 25.7. The number of carbonyl (C=O) groups excluding carboxylic acids is 2. The van der Waals surface area contributed by atoms with Crippen LogP contribution in [0, 0.1) is 5.92 Å². The SMILES string of the molecule is C[C@H]1CCc2c(sc(NC(=O)Cn3nc(C(F)(F)F)c4c3CCCC4)c2C(N)=O)C1. The van der Waals surface area contributed by atoms with Gasteiger partial charge in [0.05, 0.1) is 5.56 Å². The predicted molar refractivity (Wildman–Crippen MR) is 107 cm³/mol. The smallest absolute Gasteiger partial charge is 0.365 e. The monoisotopic (exact) mass is 440 g/mol. The summed E-state index contributed by atoms with van der Waals surface area (Å²) in [5, 5.41) is 6.80. The maximum Gasteiger partial charge on any atom is 0.435 e. The standard InChI is InChI=1S/C20H23F3N4O2S/c1-10-6-7-12-14(8-10)30-19(16(12)18(24)29)25-15(28)9-27-13-5-3-2-4-11(13)17(26-27)20(21,22)23/h10H,2-9H2,1H3,(H2,24,29)(H,25,28)/t10-/m0/s1. The molecular formula is C20H23F3N4O2S. The van der Waals surface area contributed by atoms with E-state index in [1.54, 1.807) is 0 Å². The first-order valence-electron chi connectivity index (χ1n) is 10.0. The van der Waals surface area contributed by atoms with Crippen LogP contribution in [0.25, 0.3) is 0 Å². The summed E-state index contributed by atoms with van der Waals surface area (Å²) in [6.45, 7) is 1.79. The lowest BCUT2D eigenvalue weighted by molar-refractivity contribution is -0.142. The van der Waals surface area contributed by atoms with Gasteiger partial charge in [-0.1, -0.05) is 6.92 Å². The van der Waals surface area contributed by atoms with Crippen molar-refractivity contribution in [2.24, 2.45) is 11.7 Å². The van der Waals surface area contributed by atoms with Gasteiger partial charge in [0.2, 0.25) is 5.91 Å². The maximum atomic E-state index is 13.4. The Morgan fingerprint density at radius 2 is 1.97 bits per heavy atom. The Kier molecular flexibility index (Phi) is 5.37. The summed E-state index contributed by atoms with van der Waals surface area (Å²) in [5.74, 6) is -0.640. The zero-order valence-corrected chi connectivity index (χ0v) is 17.4. The van der Waals surface area contributed by atoms with Crippen molar-refractivity contribution in [1.82, 2.24) is 9.78 Å². The van der Waals surface area contributed by atoms with Crippen LogP contribution in [0.4, 0.5) is 18.2 Å². The van der Waals surface area contributed by atoms with Crippen molar-refractivity contribution in [3.05, 3.63) is 33.0 Å². The Hall–Kier alpha value is -2.36. The van der Waals surface area contributed by atoms with Gasteiger partial charge in [0.15, 0.2) is 5.69 Å². The van der Waals surface area contributed by atoms with Gasteiger partial charge in [-0.3, -0.25) is 14.3 Å². The highest BCUT2D eigenvalue weighted by atomic mass is 32.1. The summed E-state index contributed by atoms with van der Waals surface area (Å²) in [7, 11) is 0. The largest absolute Gasteiger partial charge is 0.435 e. The number of anilines is 1. The van der Waals surface area contributed by atoms with Gasteiger partial charge in [-0.15, -0.1) is 11.3 Å². The minimum Gasteiger partial charge on any atom is -0.365 e. The molecule has 2 aliphatic carbocycles. The fourth-order valence-electron chi connectivity index (χ4n) is 4.43. The lowest BCUT2D eigenvalue weighted by Gasteiger charge is -2.18. The van der Waals surface area contributed by atoms with E-state index >= 15 is 0 Å². The molecule has 4 rings (SSSR count). The van der Waals surface area contributed by atoms with Crippen molar-refractivity contribution < 1.29 is 22.8 Å². The third-order valence-electron chi connectivity index (χ3n) is 5.83. The highest BCUT2D eigenvalue weighted by Crippen LogP contribution is 2.40. The molecule has 162 valence electrons. The van der Waals surface area contributed by atoms with E-state index in [1.165, 1.54) is 11.3 Å². The number of primary amides is 1. The normalized spacial score (nSPS) is 18.6. The summed E-state index contributed by atoms with van der Waals surface area (Å²) in [6.07, 6.45) is 0.147. The van der Waals surface area contributed by atoms with Crippen LogP contribution in [-0.4, -0.2) is 21.6 Å². The molecular weight excluding hydrogens is 417 g/mol. The molecule has 0 saturated carbocycles. The number of rotatable bonds is 4. The van der Waals surface area contributed by atoms with E-state index in [0.717, 1.165) is 40.8 Å². The highest BCUT2D eigenvalue weighted by Gasteiger charge is 2.39. The minimum atomic E-state index is -4.55. The number of hydrogen-bond acceptors (Lipinski definition) is 4. The van der Waals surface area contributed by atoms with Crippen LogP contribution in [0.3, 0.4) is 0 Å². The van der Waals surface area contributed by atoms with E-state index in [4.69, 9.17) is 5.73 Å². The summed E-state index contributed by atoms with van der Waals surface area (Å²) in [5.41, 5.74) is 6.54. The van der Waals surface area contributed by atoms with Gasteiger partial charge in [-0.05, 0) is 56.4 Å². The first-order valence-corrected chi connectivity index (χ1v) is 10.9. The molecule has 0 aromatic carbocycles. The first kappa shape index (κ1) is 20.9. The number of nitrogens with two attached hydrogens (primary N) is 1. The number of thiophene rings is 1. The minimum absolute atomic E-state index is 0.194. The fourth-order valence-corrected chi connectivity index (χ4v) is 5.86. The molecule has 2 aromatic heterocycles. The van der Waals surface area contributed by atoms with Gasteiger partial charge < -0.3 is 11.1 Å². The molecule has 2 aliphatic rings. The van der Waals surface area contributed by atoms with Gasteiger partial charge in [0.25, 0.3) is 5.91 Å². The summed E-state index contributed by atoms with van der Waals surface area (Å²) >= 11 is 1.33. The number of aromatic nitrogens is 2. The molecule has 0 saturated heterocycles. The van der Waals surface area contributed by atoms with Crippen molar-refractivity contribution in [3.63, 3.8) is 0 Å². The number of halogens is 3. The Bertz CT molecular complexity index is 1010. The Labute approximate surface area is 175 Å². The zero-order valence-electron chi connectivity index (χ0n) is 16.6. The molecule has 0 unspecified atom stereocenters. The number of fused-ring (bicyclic) bond motifs is 2. The van der Waals surface area contributed by atoms with Crippen LogP contribution in [0.15, 0.2) is 0 Å². The average molecular weight is 440 g/mol. The first-order chi connectivity index (χ1) is 14.1. The lowest BCUT2D eigenvalue weighted by Crippen LogP contribution is -2.23. The third-order valence-corrected chi connectivity index (χ3v) is 7.00. The predicted octanol–water partition coefficient (Wildman–Crippen LogP) is 3.70. The molecule has 2 heterocycles. The molecule has 0 aliphatic heterocycles. The van der Waals surface area contributed by atoms with Crippen molar-refractivity contribution >= 4 is 28.2 Å². The van der Waals surface area contributed by atoms with Crippen LogP contribution in [0.2, 0.25) is 0 Å². The molecule has 0 fully saturated rings. The number of carbonyl (C=O) groups is 2. The second-order valence-electron chi connectivity index (χ2n) is 8.10. The van der Waals surface area contributed by atoms with E-state index in [2.05, 4.69) is 17.3 Å². The molecule has 6 nitrogen and oxygen atoms in total. The van der Waals surface area contributed by atoms with Crippen LogP contribution >= 0.6 is 11.3 Å². The van der Waals surface area contributed by atoms with Crippen molar-refractivity contribution in [1.29, 1.82) is 0 Å². The molecule has 3 N–H and O–H groups in total. The van der Waals surface area contributed by atoms with Crippen LogP contribution < -0.4 is 11.1 Å². The molecule has 0 radical (unpaired) electrons. The summed E-state index contributed by atoms with van der Waals surface area (Å²) < 4.78 is 41.2. The van der Waals surface area contributed by atoms with Gasteiger partial charge in [0.1, 0.15) is 11.5 Å². The van der Waals surface area contributed by atoms with Gasteiger partial charge in [0, 0.05) is 16.1 Å². The Morgan fingerprint density at radius 1 is 1.23 bits per heavy atom. The average Bonchev–Trinajstić information content (AvgIpc) is 3.19. The Balaban J connectivity index is 1.59. The van der Waals surface area contributed by atoms with Crippen LogP contribution in [-0.2, 0) is 43.2 Å². The van der Waals surface area contributed by atoms with E-state index in [9.17, 15) is 22.8 Å². The quantitative estimate of drug-likeness (QED) is 0.760. The van der Waals surface area contributed by atoms with E-state index in [0.29, 0.717) is 41.4 Å². The fraction of sp³-hybridized carbons (Fsp3) is 0.550. The second-order valence-corrected chi connectivity index (χ2v) is 9.21. The third kappa shape index (κ3) is 3.84. The number of nitrogens with one attached hydrogen (secondary N) is 1. The van der Waals surface area contributed by atoms with Gasteiger partial charge >= 0.3 is 6.18 Å². The molecule has 2 aromatic rings. The lowest BCUT2D eigenvalue weighted by atomic mass is 9.88. The van der Waals surface area contributed by atoms with E-state index in [-0.39, 0.29) is 12.1 Å². The molecule has 10 heteroatoms. The number of amides is 2. The van der Waals surface area contributed by atoms with Crippen molar-refractivity contribution in [2.45, 2.75) is 64.6 Å². The molecule has 2 amide bonds. The van der Waals surface area contributed by atoms with E-state index in [1.807, 2.05) is 0 Å². The molecule has 1 atom stereocenters. The number of nitrogens with zero attached hydrogens (tertiary/aromatic N) is 2. The van der Waals surface area contributed by atoms with Gasteiger partial charge in [-0.25, -0.2) is 0 Å². The molecule has 30 heavy (non-hydrogen) atoms. The van der Waals surface area contributed by atoms with Gasteiger partial charge in [-0.2, -0.15) is 18.3 Å². The van der Waals surface area contributed by atoms with Crippen LogP contribution in [0.5, 0.6) is 0 Å². The molecule has 0 bridgehead atoms. The van der Waals surface area contributed by atoms with E-state index < -0.39 is 23.7 Å². The number of hydrogen-bond donors (Lipinski definition) is 2. The number of alkyl halides is 3. The molecule has 0 spiro atoms. The summed E-state index contributed by atoms with van der Waals surface area (Å²) in [6, 6.07) is 0. The second kappa shape index (κ2) is 7.72. The van der Waals surface area contributed by atoms with Crippen molar-refractivity contribution in [2.75, 3.05) is 5.32 Å². The maximum absolute atomic E-state index is 13.4. The topological polar surface area (TPSA) is 90.0 Å². The van der Waals surface area contributed by atoms with Crippen molar-refractivity contribution in [3.8, 4) is 0 Å². The zero-order chi connectivity index (χ0) is 21.6. The highest BCUT2D eigenvalue weighted by molar-refractivity contribution is 7.17. The van der Waals surface area contributed by atoms with Crippen LogP contribution in [0.1, 0.15) is 63.9 Å². The Morgan fingerprint density at radius 3 is 2.67 bits per heavy atom.